The topological polar surface area (TPSA) is 72.2 Å². The Balaban J connectivity index is 3.04. The molecule has 1 aromatic rings. The van der Waals surface area contributed by atoms with Crippen molar-refractivity contribution in [2.75, 3.05) is 0 Å². The third-order valence-corrected chi connectivity index (χ3v) is 2.80. The summed E-state index contributed by atoms with van der Waals surface area (Å²) in [5.74, 6) is 1.84. The van der Waals surface area contributed by atoms with Gasteiger partial charge in [-0.2, -0.15) is 0 Å². The highest BCUT2D eigenvalue weighted by Crippen LogP contribution is 2.28. The van der Waals surface area contributed by atoms with Crippen molar-refractivity contribution in [3.8, 4) is 12.3 Å². The van der Waals surface area contributed by atoms with Crippen LogP contribution in [0, 0.1) is 22.5 Å². The highest BCUT2D eigenvalue weighted by molar-refractivity contribution is 6.33. The molecule has 0 saturated carbocycles. The smallest absolute Gasteiger partial charge is 0.300 e. The average molecular weight is 281 g/mol. The molecule has 0 heterocycles. The van der Waals surface area contributed by atoms with Crippen LogP contribution in [0.3, 0.4) is 0 Å². The van der Waals surface area contributed by atoms with Crippen LogP contribution < -0.4 is 5.32 Å². The van der Waals surface area contributed by atoms with Gasteiger partial charge in [-0.15, -0.1) is 6.42 Å². The van der Waals surface area contributed by atoms with E-state index in [2.05, 4.69) is 11.2 Å². The van der Waals surface area contributed by atoms with E-state index in [1.807, 2.05) is 6.92 Å². The first-order valence-corrected chi connectivity index (χ1v) is 6.09. The van der Waals surface area contributed by atoms with Gasteiger partial charge in [0.25, 0.3) is 5.91 Å². The predicted octanol–water partition coefficient (Wildman–Crippen LogP) is 2.78. The maximum atomic E-state index is 12.0. The second kappa shape index (κ2) is 6.76. The first-order valence-electron chi connectivity index (χ1n) is 5.71. The number of hydrogen-bond acceptors (Lipinski definition) is 3. The highest BCUT2D eigenvalue weighted by atomic mass is 35.5. The summed E-state index contributed by atoms with van der Waals surface area (Å²) in [6.45, 7) is 1.93. The number of carbonyl (C=O) groups is 1. The molecule has 5 nitrogen and oxygen atoms in total. The van der Waals surface area contributed by atoms with Crippen molar-refractivity contribution < 1.29 is 9.72 Å². The van der Waals surface area contributed by atoms with Gasteiger partial charge in [0, 0.05) is 0 Å². The Hall–Kier alpha value is -2.06. The van der Waals surface area contributed by atoms with E-state index in [1.165, 1.54) is 18.2 Å². The summed E-state index contributed by atoms with van der Waals surface area (Å²) in [5.41, 5.74) is -0.497. The van der Waals surface area contributed by atoms with Crippen LogP contribution in [-0.4, -0.2) is 16.9 Å². The minimum absolute atomic E-state index is 0.0783. The van der Waals surface area contributed by atoms with Crippen molar-refractivity contribution in [2.24, 2.45) is 0 Å². The van der Waals surface area contributed by atoms with E-state index in [9.17, 15) is 14.9 Å². The second-order valence-electron chi connectivity index (χ2n) is 3.87. The fraction of sp³-hybridized carbons (Fsp3) is 0.308. The van der Waals surface area contributed by atoms with Gasteiger partial charge in [0.15, 0.2) is 0 Å². The lowest BCUT2D eigenvalue weighted by molar-refractivity contribution is -0.385. The van der Waals surface area contributed by atoms with Crippen LogP contribution in [0.2, 0.25) is 5.02 Å². The molecule has 0 aliphatic rings. The molecule has 0 aromatic heterocycles. The Morgan fingerprint density at radius 2 is 2.32 bits per heavy atom. The molecule has 100 valence electrons. The van der Waals surface area contributed by atoms with Crippen molar-refractivity contribution in [1.29, 1.82) is 0 Å². The molecule has 1 aromatic carbocycles. The third-order valence-electron chi connectivity index (χ3n) is 2.50. The van der Waals surface area contributed by atoms with Gasteiger partial charge >= 0.3 is 5.69 Å². The van der Waals surface area contributed by atoms with E-state index in [1.54, 1.807) is 0 Å². The summed E-state index contributed by atoms with van der Waals surface area (Å²) in [4.78, 5) is 22.2. The van der Waals surface area contributed by atoms with Gasteiger partial charge in [-0.05, 0) is 18.6 Å². The molecule has 0 bridgehead atoms. The monoisotopic (exact) mass is 280 g/mol. The lowest BCUT2D eigenvalue weighted by Crippen LogP contribution is -2.34. The highest BCUT2D eigenvalue weighted by Gasteiger charge is 2.24. The van der Waals surface area contributed by atoms with Crippen LogP contribution in [0.1, 0.15) is 30.1 Å². The number of halogens is 1. The normalized spacial score (nSPS) is 11.4. The van der Waals surface area contributed by atoms with Gasteiger partial charge in [-0.1, -0.05) is 36.9 Å². The first-order chi connectivity index (χ1) is 9.01. The zero-order valence-corrected chi connectivity index (χ0v) is 11.1. The van der Waals surface area contributed by atoms with E-state index in [4.69, 9.17) is 18.0 Å². The van der Waals surface area contributed by atoms with Crippen LogP contribution in [0.5, 0.6) is 0 Å². The fourth-order valence-corrected chi connectivity index (χ4v) is 1.85. The van der Waals surface area contributed by atoms with E-state index >= 15 is 0 Å². The Kier molecular flexibility index (Phi) is 5.34. The molecule has 0 saturated heterocycles. The van der Waals surface area contributed by atoms with Crippen LogP contribution in [0.4, 0.5) is 5.69 Å². The molecular formula is C13H13ClN2O3. The van der Waals surface area contributed by atoms with Crippen molar-refractivity contribution in [3.05, 3.63) is 38.9 Å². The lowest BCUT2D eigenvalue weighted by Gasteiger charge is -2.12. The zero-order chi connectivity index (χ0) is 14.4. The number of rotatable bonds is 5. The number of terminal acetylenes is 1. The van der Waals surface area contributed by atoms with E-state index < -0.39 is 22.6 Å². The number of nitro groups is 1. The molecule has 1 rings (SSSR count). The minimum Gasteiger partial charge on any atom is -0.338 e. The molecule has 0 spiro atoms. The number of para-hydroxylation sites is 1. The summed E-state index contributed by atoms with van der Waals surface area (Å²) in [7, 11) is 0. The molecule has 19 heavy (non-hydrogen) atoms. The SMILES string of the molecule is C#CC(CCC)NC(=O)c1cccc(Cl)c1[N+](=O)[O-]. The van der Waals surface area contributed by atoms with Crippen LogP contribution in [0.15, 0.2) is 18.2 Å². The maximum absolute atomic E-state index is 12.0. The quantitative estimate of drug-likeness (QED) is 0.512. The zero-order valence-electron chi connectivity index (χ0n) is 10.4. The maximum Gasteiger partial charge on any atom is 0.300 e. The van der Waals surface area contributed by atoms with Crippen LogP contribution >= 0.6 is 11.6 Å². The van der Waals surface area contributed by atoms with Gasteiger partial charge < -0.3 is 5.32 Å². The molecule has 1 unspecified atom stereocenters. The van der Waals surface area contributed by atoms with Crippen molar-refractivity contribution >= 4 is 23.2 Å². The molecule has 0 radical (unpaired) electrons. The number of benzene rings is 1. The third kappa shape index (κ3) is 3.70. The first kappa shape index (κ1) is 15.0. The largest absolute Gasteiger partial charge is 0.338 e. The standard InChI is InChI=1S/C13H13ClN2O3/c1-3-6-9(4-2)15-13(17)10-7-5-8-11(14)12(10)16(18)19/h2,5,7-9H,3,6H2,1H3,(H,15,17). The van der Waals surface area contributed by atoms with Crippen molar-refractivity contribution in [2.45, 2.75) is 25.8 Å². The number of carbonyl (C=O) groups excluding carboxylic acids is 1. The number of nitrogens with one attached hydrogen (secondary N) is 1. The Morgan fingerprint density at radius 3 is 2.84 bits per heavy atom. The molecule has 1 amide bonds. The van der Waals surface area contributed by atoms with Gasteiger partial charge in [0.05, 0.1) is 11.0 Å². The molecule has 0 fully saturated rings. The summed E-state index contributed by atoms with van der Waals surface area (Å²) in [5, 5.41) is 13.4. The fourth-order valence-electron chi connectivity index (χ4n) is 1.61. The molecule has 6 heteroatoms. The molecule has 1 N–H and O–H groups in total. The van der Waals surface area contributed by atoms with Gasteiger partial charge in [-0.3, -0.25) is 14.9 Å². The Bertz CT molecular complexity index is 537. The molecule has 0 aliphatic heterocycles. The Morgan fingerprint density at radius 1 is 1.63 bits per heavy atom. The average Bonchev–Trinajstić information content (AvgIpc) is 2.37. The van der Waals surface area contributed by atoms with Crippen LogP contribution in [0.25, 0.3) is 0 Å². The number of nitro benzene ring substituents is 1. The predicted molar refractivity (Wildman–Crippen MR) is 73.1 cm³/mol. The number of hydrogen-bond donors (Lipinski definition) is 1. The van der Waals surface area contributed by atoms with Crippen molar-refractivity contribution in [3.63, 3.8) is 0 Å². The van der Waals surface area contributed by atoms with E-state index in [0.717, 1.165) is 6.42 Å². The Labute approximate surface area is 116 Å². The van der Waals surface area contributed by atoms with E-state index in [0.29, 0.717) is 6.42 Å². The minimum atomic E-state index is -0.679. The lowest BCUT2D eigenvalue weighted by atomic mass is 10.1. The van der Waals surface area contributed by atoms with Gasteiger partial charge in [-0.25, -0.2) is 0 Å². The van der Waals surface area contributed by atoms with Crippen LogP contribution in [-0.2, 0) is 0 Å². The van der Waals surface area contributed by atoms with Gasteiger partial charge in [0.1, 0.15) is 10.6 Å². The molecule has 1 atom stereocenters. The second-order valence-corrected chi connectivity index (χ2v) is 4.28. The van der Waals surface area contributed by atoms with Crippen molar-refractivity contribution in [1.82, 2.24) is 5.32 Å². The molecular weight excluding hydrogens is 268 g/mol. The molecule has 0 aliphatic carbocycles. The number of amides is 1. The summed E-state index contributed by atoms with van der Waals surface area (Å²) >= 11 is 5.74. The number of nitrogens with zero attached hydrogens (tertiary/aromatic N) is 1. The summed E-state index contributed by atoms with van der Waals surface area (Å²) in [6, 6.07) is 3.74. The van der Waals surface area contributed by atoms with Gasteiger partial charge in [0.2, 0.25) is 0 Å². The summed E-state index contributed by atoms with van der Waals surface area (Å²) < 4.78 is 0. The van der Waals surface area contributed by atoms with E-state index in [-0.39, 0.29) is 10.6 Å². The summed E-state index contributed by atoms with van der Waals surface area (Å²) in [6.07, 6.45) is 6.69.